The van der Waals surface area contributed by atoms with Crippen molar-refractivity contribution in [2.45, 2.75) is 6.10 Å². The molecule has 0 bridgehead atoms. The Kier molecular flexibility index (Phi) is 3.40. The van der Waals surface area contributed by atoms with Crippen LogP contribution in [-0.2, 0) is 0 Å². The zero-order valence-corrected chi connectivity index (χ0v) is 7.98. The Balaban J connectivity index is 0.00000225. The van der Waals surface area contributed by atoms with E-state index in [1.807, 2.05) is 0 Å². The minimum absolute atomic E-state index is 0. The zero-order valence-electron chi connectivity index (χ0n) is 10.2. The number of phenols is 1. The lowest BCUT2D eigenvalue weighted by Crippen LogP contribution is -2.16. The molecule has 74 valence electrons. The van der Waals surface area contributed by atoms with Crippen LogP contribution in [0.4, 0.5) is 0 Å². The summed E-state index contributed by atoms with van der Waals surface area (Å²) < 4.78 is 22.3. The van der Waals surface area contributed by atoms with E-state index in [1.165, 1.54) is 0 Å². The number of aliphatic hydroxyl groups is 1. The number of benzene rings is 1. The molecule has 0 heterocycles. The summed E-state index contributed by atoms with van der Waals surface area (Å²) in [7, 11) is 1.63. The molecule has 4 heteroatoms. The van der Waals surface area contributed by atoms with E-state index in [0.717, 1.165) is 6.07 Å². The minimum Gasteiger partial charge on any atom is -0.508 e. The quantitative estimate of drug-likeness (QED) is 0.694. The predicted octanol–water partition coefficient (Wildman–Crippen LogP) is 1.07. The molecule has 3 nitrogen and oxygen atoms in total. The Morgan fingerprint density at radius 3 is 2.92 bits per heavy atom. The third-order valence-electron chi connectivity index (χ3n) is 1.42. The van der Waals surface area contributed by atoms with Crippen LogP contribution in [0.25, 0.3) is 0 Å². The normalized spacial score (nSPS) is 15.1. The van der Waals surface area contributed by atoms with Crippen LogP contribution in [0.3, 0.4) is 0 Å². The third kappa shape index (κ3) is 3.63. The second-order valence-corrected chi connectivity index (χ2v) is 2.39. The number of halogens is 1. The van der Waals surface area contributed by atoms with Gasteiger partial charge in [-0.3, -0.25) is 0 Å². The van der Waals surface area contributed by atoms with Gasteiger partial charge in [-0.2, -0.15) is 0 Å². The van der Waals surface area contributed by atoms with Gasteiger partial charge in [-0.15, -0.1) is 12.4 Å². The van der Waals surface area contributed by atoms with Gasteiger partial charge >= 0.3 is 0 Å². The summed E-state index contributed by atoms with van der Waals surface area (Å²) in [5, 5.41) is 21.7. The van der Waals surface area contributed by atoms with Gasteiger partial charge in [0.25, 0.3) is 0 Å². The zero-order chi connectivity index (χ0) is 11.6. The lowest BCUT2D eigenvalue weighted by molar-refractivity contribution is 0.177. The summed E-state index contributed by atoms with van der Waals surface area (Å²) in [5.74, 6) is -0.504. The molecule has 1 aromatic carbocycles. The number of rotatable bonds is 3. The van der Waals surface area contributed by atoms with E-state index in [1.54, 1.807) is 7.05 Å². The van der Waals surface area contributed by atoms with Gasteiger partial charge in [0.05, 0.1) is 10.2 Å². The van der Waals surface area contributed by atoms with Crippen molar-refractivity contribution >= 4 is 12.4 Å². The molecule has 3 N–H and O–H groups in total. The number of hydrogen-bond donors (Lipinski definition) is 3. The standard InChI is InChI=1S/C9H13NO2.ClH/c1-10-6-9(12)7-3-2-4-8(11)5-7;/h2-5,9-12H,6H2,1H3;1H/i3D,4D,5D;. The first-order valence-corrected chi connectivity index (χ1v) is 3.61. The van der Waals surface area contributed by atoms with E-state index in [4.69, 9.17) is 4.11 Å². The fourth-order valence-electron chi connectivity index (χ4n) is 0.857. The molecule has 0 saturated heterocycles. The molecule has 0 saturated carbocycles. The number of likely N-dealkylation sites (N-methyl/N-ethyl adjacent to an activating group) is 1. The Bertz CT molecular complexity index is 376. The molecule has 1 atom stereocenters. The summed E-state index contributed by atoms with van der Waals surface area (Å²) in [5.41, 5.74) is 0.0397. The van der Waals surface area contributed by atoms with E-state index in [9.17, 15) is 10.2 Å². The van der Waals surface area contributed by atoms with Crippen molar-refractivity contribution < 1.29 is 14.3 Å². The van der Waals surface area contributed by atoms with E-state index in [-0.39, 0.29) is 42.6 Å². The van der Waals surface area contributed by atoms with Crippen LogP contribution >= 0.6 is 12.4 Å². The highest BCUT2D eigenvalue weighted by molar-refractivity contribution is 5.85. The maximum atomic E-state index is 9.62. The van der Waals surface area contributed by atoms with Gasteiger partial charge in [0, 0.05) is 6.54 Å². The Labute approximate surface area is 88.0 Å². The molecule has 0 aromatic heterocycles. The van der Waals surface area contributed by atoms with Crippen molar-refractivity contribution in [1.29, 1.82) is 0 Å². The van der Waals surface area contributed by atoms with Crippen LogP contribution < -0.4 is 5.32 Å². The van der Waals surface area contributed by atoms with E-state index < -0.39 is 11.9 Å². The van der Waals surface area contributed by atoms with Crippen molar-refractivity contribution in [3.63, 3.8) is 0 Å². The summed E-state index contributed by atoms with van der Waals surface area (Å²) in [4.78, 5) is 0. The highest BCUT2D eigenvalue weighted by Gasteiger charge is 2.05. The largest absolute Gasteiger partial charge is 0.508 e. The van der Waals surface area contributed by atoms with E-state index in [0.29, 0.717) is 0 Å². The van der Waals surface area contributed by atoms with Gasteiger partial charge in [-0.05, 0) is 24.7 Å². The highest BCUT2D eigenvalue weighted by Crippen LogP contribution is 2.17. The highest BCUT2D eigenvalue weighted by atomic mass is 35.5. The molecule has 0 aliphatic heterocycles. The number of aromatic hydroxyl groups is 1. The van der Waals surface area contributed by atoms with Gasteiger partial charge in [0.2, 0.25) is 0 Å². The monoisotopic (exact) mass is 206 g/mol. The molecular weight excluding hydrogens is 190 g/mol. The summed E-state index contributed by atoms with van der Waals surface area (Å²) in [6.07, 6.45) is -1.03. The number of phenolic OH excluding ortho intramolecular Hbond substituents is 1. The third-order valence-corrected chi connectivity index (χ3v) is 1.42. The number of nitrogens with one attached hydrogen (secondary N) is 1. The first-order valence-electron chi connectivity index (χ1n) is 5.11. The lowest BCUT2D eigenvalue weighted by atomic mass is 10.1. The Morgan fingerprint density at radius 2 is 2.31 bits per heavy atom. The van der Waals surface area contributed by atoms with Gasteiger partial charge in [0.1, 0.15) is 5.75 Å². The van der Waals surface area contributed by atoms with Gasteiger partial charge in [-0.1, -0.05) is 12.1 Å². The van der Waals surface area contributed by atoms with Crippen LogP contribution in [0.5, 0.6) is 5.75 Å². The average molecular weight is 207 g/mol. The minimum atomic E-state index is -1.03. The van der Waals surface area contributed by atoms with Crippen molar-refractivity contribution in [3.8, 4) is 5.75 Å². The topological polar surface area (TPSA) is 52.5 Å². The molecule has 0 spiro atoms. The second kappa shape index (κ2) is 5.80. The van der Waals surface area contributed by atoms with Crippen molar-refractivity contribution in [2.24, 2.45) is 0 Å². The smallest absolute Gasteiger partial charge is 0.115 e. The molecule has 1 rings (SSSR count). The summed E-state index contributed by atoms with van der Waals surface area (Å²) in [6, 6.07) is 0.382. The van der Waals surface area contributed by atoms with Gasteiger partial charge < -0.3 is 15.5 Å². The molecular formula is C9H14ClNO2. The molecule has 13 heavy (non-hydrogen) atoms. The average Bonchev–Trinajstić information content (AvgIpc) is 2.15. The molecule has 0 amide bonds. The summed E-state index contributed by atoms with van der Waals surface area (Å²) in [6.45, 7) is 0.189. The fourth-order valence-corrected chi connectivity index (χ4v) is 0.857. The maximum Gasteiger partial charge on any atom is 0.115 e. The van der Waals surface area contributed by atoms with E-state index >= 15 is 0 Å². The van der Waals surface area contributed by atoms with Crippen molar-refractivity contribution in [3.05, 3.63) is 29.8 Å². The molecule has 0 radical (unpaired) electrons. The Hall–Kier alpha value is -0.770. The Morgan fingerprint density at radius 1 is 1.62 bits per heavy atom. The van der Waals surface area contributed by atoms with Crippen LogP contribution in [0.2, 0.25) is 0 Å². The number of aliphatic hydroxyl groups excluding tert-OH is 1. The van der Waals surface area contributed by atoms with Crippen molar-refractivity contribution in [2.75, 3.05) is 13.6 Å². The molecule has 0 fully saturated rings. The van der Waals surface area contributed by atoms with E-state index in [2.05, 4.69) is 5.32 Å². The predicted molar refractivity (Wildman–Crippen MR) is 54.2 cm³/mol. The fraction of sp³-hybridized carbons (Fsp3) is 0.333. The van der Waals surface area contributed by atoms with Crippen LogP contribution in [-0.4, -0.2) is 23.8 Å². The molecule has 0 aliphatic rings. The SMILES string of the molecule is Cl.[2H]c1cc([2H])c(C(O)CNC)c([2H])c1O. The lowest BCUT2D eigenvalue weighted by Gasteiger charge is -2.09. The van der Waals surface area contributed by atoms with Gasteiger partial charge in [0.15, 0.2) is 0 Å². The van der Waals surface area contributed by atoms with Crippen LogP contribution in [0.15, 0.2) is 24.2 Å². The second-order valence-electron chi connectivity index (χ2n) is 2.39. The molecule has 1 unspecified atom stereocenters. The first kappa shape index (κ1) is 7.62. The van der Waals surface area contributed by atoms with Crippen LogP contribution in [0, 0.1) is 0 Å². The summed E-state index contributed by atoms with van der Waals surface area (Å²) >= 11 is 0. The van der Waals surface area contributed by atoms with Gasteiger partial charge in [-0.25, -0.2) is 0 Å². The maximum absolute atomic E-state index is 9.62. The van der Waals surface area contributed by atoms with Crippen LogP contribution in [0.1, 0.15) is 15.8 Å². The number of hydrogen-bond acceptors (Lipinski definition) is 3. The molecule has 0 aliphatic carbocycles. The van der Waals surface area contributed by atoms with Crippen molar-refractivity contribution in [1.82, 2.24) is 5.32 Å². The molecule has 1 aromatic rings. The first-order chi connectivity index (χ1) is 6.99.